The van der Waals surface area contributed by atoms with Crippen molar-refractivity contribution in [3.63, 3.8) is 0 Å². The lowest BCUT2D eigenvalue weighted by molar-refractivity contribution is 0.0651. The molecular formula is C16H36O4. The molecule has 0 aromatic carbocycles. The summed E-state index contributed by atoms with van der Waals surface area (Å²) in [7, 11) is 0. The molecule has 0 aromatic rings. The van der Waals surface area contributed by atoms with Crippen molar-refractivity contribution >= 4 is 0 Å². The van der Waals surface area contributed by atoms with Gasteiger partial charge in [0.1, 0.15) is 0 Å². The average molecular weight is 292 g/mol. The van der Waals surface area contributed by atoms with Crippen molar-refractivity contribution in [2.24, 2.45) is 22.7 Å². The third-order valence-corrected chi connectivity index (χ3v) is 3.24. The van der Waals surface area contributed by atoms with Crippen LogP contribution in [0.1, 0.15) is 54.4 Å². The smallest absolute Gasteiger partial charge is 0.0482 e. The Labute approximate surface area is 124 Å². The Bertz CT molecular complexity index is 205. The van der Waals surface area contributed by atoms with Crippen molar-refractivity contribution in [2.45, 2.75) is 54.4 Å². The van der Waals surface area contributed by atoms with Crippen LogP contribution in [0, 0.1) is 22.7 Å². The molecule has 0 aromatic heterocycles. The summed E-state index contributed by atoms with van der Waals surface area (Å²) in [6, 6.07) is 0. The van der Waals surface area contributed by atoms with Gasteiger partial charge in [-0.2, -0.15) is 0 Å². The van der Waals surface area contributed by atoms with Gasteiger partial charge in [0.25, 0.3) is 0 Å². The molecule has 0 bridgehead atoms. The molecule has 0 aliphatic heterocycles. The van der Waals surface area contributed by atoms with E-state index in [0.717, 1.165) is 12.8 Å². The number of hydrogen-bond donors (Lipinski definition) is 4. The van der Waals surface area contributed by atoms with E-state index in [1.807, 2.05) is 41.5 Å². The molecule has 0 aliphatic carbocycles. The topological polar surface area (TPSA) is 80.9 Å². The fourth-order valence-electron chi connectivity index (χ4n) is 2.24. The molecule has 0 rings (SSSR count). The third kappa shape index (κ3) is 12.9. The number of hydrogen-bond acceptors (Lipinski definition) is 4. The molecule has 4 heteroatoms. The number of aliphatic hydroxyl groups is 4. The molecule has 124 valence electrons. The first-order chi connectivity index (χ1) is 9.03. The Hall–Kier alpha value is -0.160. The van der Waals surface area contributed by atoms with Crippen molar-refractivity contribution in [3.8, 4) is 0 Å². The van der Waals surface area contributed by atoms with E-state index in [2.05, 4.69) is 0 Å². The van der Waals surface area contributed by atoms with E-state index in [9.17, 15) is 0 Å². The molecule has 2 atom stereocenters. The van der Waals surface area contributed by atoms with Crippen LogP contribution in [0.3, 0.4) is 0 Å². The normalized spacial score (nSPS) is 15.3. The van der Waals surface area contributed by atoms with E-state index in [4.69, 9.17) is 20.4 Å². The first-order valence-corrected chi connectivity index (χ1v) is 7.47. The molecule has 0 saturated carbocycles. The van der Waals surface area contributed by atoms with Crippen LogP contribution in [-0.4, -0.2) is 46.9 Å². The van der Waals surface area contributed by atoms with Gasteiger partial charge in [-0.15, -0.1) is 0 Å². The second-order valence-electron chi connectivity index (χ2n) is 7.63. The predicted octanol–water partition coefficient (Wildman–Crippen LogP) is 2.05. The summed E-state index contributed by atoms with van der Waals surface area (Å²) in [5, 5.41) is 35.1. The first-order valence-electron chi connectivity index (χ1n) is 7.47. The molecule has 4 nitrogen and oxygen atoms in total. The minimum absolute atomic E-state index is 0.0772. The summed E-state index contributed by atoms with van der Waals surface area (Å²) >= 11 is 0. The lowest BCUT2D eigenvalue weighted by Crippen LogP contribution is -2.28. The van der Waals surface area contributed by atoms with E-state index in [1.54, 1.807) is 0 Å². The Morgan fingerprint density at radius 1 is 0.700 bits per heavy atom. The SMILES string of the molecule is CC(C)(CO)CC(C)(C)CO.CC(CO)CC(C)CO. The van der Waals surface area contributed by atoms with Gasteiger partial charge in [-0.05, 0) is 35.5 Å². The summed E-state index contributed by atoms with van der Waals surface area (Å²) in [6.07, 6.45) is 1.75. The highest BCUT2D eigenvalue weighted by Gasteiger charge is 2.27. The second kappa shape index (κ2) is 10.6. The van der Waals surface area contributed by atoms with E-state index < -0.39 is 0 Å². The van der Waals surface area contributed by atoms with Crippen LogP contribution < -0.4 is 0 Å². The van der Waals surface area contributed by atoms with Crippen LogP contribution in [0.25, 0.3) is 0 Å². The first kappa shape index (κ1) is 22.1. The largest absolute Gasteiger partial charge is 0.396 e. The highest BCUT2D eigenvalue weighted by molar-refractivity contribution is 4.77. The van der Waals surface area contributed by atoms with Crippen molar-refractivity contribution in [1.82, 2.24) is 0 Å². The van der Waals surface area contributed by atoms with Gasteiger partial charge >= 0.3 is 0 Å². The fraction of sp³-hybridized carbons (Fsp3) is 1.00. The van der Waals surface area contributed by atoms with Gasteiger partial charge in [0, 0.05) is 26.4 Å². The van der Waals surface area contributed by atoms with Gasteiger partial charge < -0.3 is 20.4 Å². The highest BCUT2D eigenvalue weighted by Crippen LogP contribution is 2.32. The summed E-state index contributed by atoms with van der Waals surface area (Å²) in [5.41, 5.74) is -0.154. The molecular weight excluding hydrogens is 256 g/mol. The quantitative estimate of drug-likeness (QED) is 0.552. The predicted molar refractivity (Wildman–Crippen MR) is 83.5 cm³/mol. The van der Waals surface area contributed by atoms with Crippen LogP contribution >= 0.6 is 0 Å². The number of rotatable bonds is 8. The van der Waals surface area contributed by atoms with Crippen molar-refractivity contribution in [2.75, 3.05) is 26.4 Å². The molecule has 4 N–H and O–H groups in total. The average Bonchev–Trinajstić information content (AvgIpc) is 2.38. The maximum Gasteiger partial charge on any atom is 0.0482 e. The van der Waals surface area contributed by atoms with Gasteiger partial charge in [-0.25, -0.2) is 0 Å². The molecule has 0 spiro atoms. The zero-order valence-corrected chi connectivity index (χ0v) is 14.2. The minimum Gasteiger partial charge on any atom is -0.396 e. The Balaban J connectivity index is 0. The fourth-order valence-corrected chi connectivity index (χ4v) is 2.24. The zero-order valence-electron chi connectivity index (χ0n) is 14.2. The third-order valence-electron chi connectivity index (χ3n) is 3.24. The Morgan fingerprint density at radius 3 is 1.20 bits per heavy atom. The molecule has 2 unspecified atom stereocenters. The van der Waals surface area contributed by atoms with E-state index in [-0.39, 0.29) is 37.3 Å². The van der Waals surface area contributed by atoms with E-state index >= 15 is 0 Å². The van der Waals surface area contributed by atoms with Crippen LogP contribution in [0.4, 0.5) is 0 Å². The van der Waals surface area contributed by atoms with Gasteiger partial charge in [-0.1, -0.05) is 41.5 Å². The summed E-state index contributed by atoms with van der Waals surface area (Å²) < 4.78 is 0. The minimum atomic E-state index is -0.0772. The van der Waals surface area contributed by atoms with Crippen LogP contribution in [0.5, 0.6) is 0 Å². The lowest BCUT2D eigenvalue weighted by Gasteiger charge is -2.32. The monoisotopic (exact) mass is 292 g/mol. The summed E-state index contributed by atoms with van der Waals surface area (Å²) in [4.78, 5) is 0. The summed E-state index contributed by atoms with van der Waals surface area (Å²) in [6.45, 7) is 12.8. The zero-order chi connectivity index (χ0) is 16.4. The molecule has 20 heavy (non-hydrogen) atoms. The van der Waals surface area contributed by atoms with Gasteiger partial charge in [0.2, 0.25) is 0 Å². The highest BCUT2D eigenvalue weighted by atomic mass is 16.3. The summed E-state index contributed by atoms with van der Waals surface area (Å²) in [5.74, 6) is 0.652. The molecule has 0 heterocycles. The van der Waals surface area contributed by atoms with Gasteiger partial charge in [0.05, 0.1) is 0 Å². The van der Waals surface area contributed by atoms with E-state index in [0.29, 0.717) is 11.8 Å². The van der Waals surface area contributed by atoms with E-state index in [1.165, 1.54) is 0 Å². The van der Waals surface area contributed by atoms with Crippen molar-refractivity contribution in [3.05, 3.63) is 0 Å². The van der Waals surface area contributed by atoms with Gasteiger partial charge in [-0.3, -0.25) is 0 Å². The molecule has 0 amide bonds. The molecule has 0 radical (unpaired) electrons. The number of aliphatic hydroxyl groups excluding tert-OH is 4. The Morgan fingerprint density at radius 2 is 1.00 bits per heavy atom. The molecule has 0 fully saturated rings. The van der Waals surface area contributed by atoms with Crippen LogP contribution in [0.15, 0.2) is 0 Å². The molecule has 0 aliphatic rings. The van der Waals surface area contributed by atoms with Crippen LogP contribution in [0.2, 0.25) is 0 Å². The standard InChI is InChI=1S/C9H20O2.C7H16O2/c1-8(2,6-10)5-9(3,4)7-11;1-6(4-8)3-7(2)5-9/h10-11H,5-7H2,1-4H3;6-9H,3-5H2,1-2H3. The van der Waals surface area contributed by atoms with Gasteiger partial charge in [0.15, 0.2) is 0 Å². The maximum atomic E-state index is 8.97. The second-order valence-corrected chi connectivity index (χ2v) is 7.63. The lowest BCUT2D eigenvalue weighted by atomic mass is 9.76. The van der Waals surface area contributed by atoms with Crippen molar-refractivity contribution < 1.29 is 20.4 Å². The maximum absolute atomic E-state index is 8.97. The Kier molecular flexibility index (Phi) is 11.7. The van der Waals surface area contributed by atoms with Crippen molar-refractivity contribution in [1.29, 1.82) is 0 Å². The van der Waals surface area contributed by atoms with Crippen LogP contribution in [-0.2, 0) is 0 Å². The molecule has 0 saturated heterocycles.